The lowest BCUT2D eigenvalue weighted by atomic mass is 10.1. The largest absolute Gasteiger partial charge is 0.352 e. The highest BCUT2D eigenvalue weighted by Gasteiger charge is 2.16. The molecule has 0 aliphatic rings. The van der Waals surface area contributed by atoms with Crippen LogP contribution in [0.2, 0.25) is 0 Å². The lowest BCUT2D eigenvalue weighted by Crippen LogP contribution is -2.29. The number of halogens is 2. The number of benzene rings is 2. The third-order valence-electron chi connectivity index (χ3n) is 4.30. The van der Waals surface area contributed by atoms with Gasteiger partial charge in [-0.2, -0.15) is 0 Å². The van der Waals surface area contributed by atoms with Gasteiger partial charge in [0.15, 0.2) is 5.65 Å². The summed E-state index contributed by atoms with van der Waals surface area (Å²) in [5, 5.41) is 6.42. The van der Waals surface area contributed by atoms with Crippen molar-refractivity contribution in [3.8, 4) is 11.3 Å². The molecule has 2 aromatic carbocycles. The Hall–Kier alpha value is -3.88. The van der Waals surface area contributed by atoms with Gasteiger partial charge in [0.25, 0.3) is 0 Å². The maximum absolute atomic E-state index is 13.7. The van der Waals surface area contributed by atoms with Gasteiger partial charge in [-0.1, -0.05) is 30.3 Å². The fraction of sp³-hybridized carbons (Fsp3) is 0.100. The van der Waals surface area contributed by atoms with Gasteiger partial charge in [-0.25, -0.2) is 27.6 Å². The van der Waals surface area contributed by atoms with Crippen molar-refractivity contribution in [3.63, 3.8) is 0 Å². The highest BCUT2D eigenvalue weighted by molar-refractivity contribution is 5.90. The predicted octanol–water partition coefficient (Wildman–Crippen LogP) is 2.78. The van der Waals surface area contributed by atoms with Crippen LogP contribution in [-0.2, 0) is 11.3 Å². The lowest BCUT2D eigenvalue weighted by molar-refractivity contribution is -0.117. The lowest BCUT2D eigenvalue weighted by Gasteiger charge is -2.05. The molecule has 0 atom stereocenters. The van der Waals surface area contributed by atoms with Crippen LogP contribution in [-0.4, -0.2) is 25.1 Å². The minimum Gasteiger partial charge on any atom is -0.322 e. The van der Waals surface area contributed by atoms with Crippen LogP contribution in [0.1, 0.15) is 5.82 Å². The molecule has 0 aliphatic heterocycles. The molecule has 4 rings (SSSR count). The monoisotopic (exact) mass is 395 g/mol. The summed E-state index contributed by atoms with van der Waals surface area (Å²) in [7, 11) is 0. The molecule has 0 fully saturated rings. The molecule has 2 heterocycles. The summed E-state index contributed by atoms with van der Waals surface area (Å²) >= 11 is 0. The molecule has 0 bridgehead atoms. The summed E-state index contributed by atoms with van der Waals surface area (Å²) in [6.45, 7) is 1.20. The maximum Gasteiger partial charge on any atom is 0.352 e. The second-order valence-electron chi connectivity index (χ2n) is 6.36. The number of aryl methyl sites for hydroxylation is 1. The molecular weight excluding hydrogens is 380 g/mol. The van der Waals surface area contributed by atoms with Gasteiger partial charge in [-0.15, -0.1) is 5.10 Å². The Morgan fingerprint density at radius 3 is 2.62 bits per heavy atom. The first-order valence-corrected chi connectivity index (χ1v) is 8.70. The standard InChI is InChI=1S/C20H15F2N5O2/c1-12-23-16(13-5-3-2-4-6-13)10-18-25-26(20(29)27(12)18)11-19(28)24-17-9-14(21)7-8-15(17)22/h2-10H,11H2,1H3,(H,24,28). The van der Waals surface area contributed by atoms with Crippen LogP contribution in [0.15, 0.2) is 59.4 Å². The predicted molar refractivity (Wildman–Crippen MR) is 102 cm³/mol. The number of nitrogens with one attached hydrogen (secondary N) is 1. The number of hydrogen-bond donors (Lipinski definition) is 1. The zero-order chi connectivity index (χ0) is 20.5. The average molecular weight is 395 g/mol. The molecule has 29 heavy (non-hydrogen) atoms. The zero-order valence-electron chi connectivity index (χ0n) is 15.3. The van der Waals surface area contributed by atoms with Crippen molar-refractivity contribution in [2.45, 2.75) is 13.5 Å². The van der Waals surface area contributed by atoms with Gasteiger partial charge in [-0.05, 0) is 19.1 Å². The third-order valence-corrected chi connectivity index (χ3v) is 4.30. The molecule has 7 nitrogen and oxygen atoms in total. The van der Waals surface area contributed by atoms with Crippen molar-refractivity contribution in [1.82, 2.24) is 19.2 Å². The summed E-state index contributed by atoms with van der Waals surface area (Å²) in [5.41, 5.74) is 0.958. The number of rotatable bonds is 4. The van der Waals surface area contributed by atoms with Gasteiger partial charge in [0.2, 0.25) is 5.91 Å². The molecule has 0 radical (unpaired) electrons. The number of carbonyl (C=O) groups excluding carboxylic acids is 1. The normalized spacial score (nSPS) is 11.0. The van der Waals surface area contributed by atoms with Crippen molar-refractivity contribution >= 4 is 17.2 Å². The highest BCUT2D eigenvalue weighted by atomic mass is 19.1. The second kappa shape index (κ2) is 7.27. The Morgan fingerprint density at radius 2 is 1.86 bits per heavy atom. The van der Waals surface area contributed by atoms with Gasteiger partial charge >= 0.3 is 5.69 Å². The third kappa shape index (κ3) is 3.62. The van der Waals surface area contributed by atoms with Gasteiger partial charge in [-0.3, -0.25) is 4.79 Å². The van der Waals surface area contributed by atoms with Crippen molar-refractivity contribution in [1.29, 1.82) is 0 Å². The smallest absolute Gasteiger partial charge is 0.322 e. The molecule has 0 aliphatic carbocycles. The first kappa shape index (κ1) is 18.5. The van der Waals surface area contributed by atoms with Gasteiger partial charge in [0.05, 0.1) is 11.4 Å². The van der Waals surface area contributed by atoms with Crippen LogP contribution < -0.4 is 11.0 Å². The fourth-order valence-electron chi connectivity index (χ4n) is 2.98. The van der Waals surface area contributed by atoms with Crippen LogP contribution in [0.25, 0.3) is 16.9 Å². The summed E-state index contributed by atoms with van der Waals surface area (Å²) < 4.78 is 29.2. The summed E-state index contributed by atoms with van der Waals surface area (Å²) in [5.74, 6) is -1.78. The molecule has 9 heteroatoms. The van der Waals surface area contributed by atoms with Gasteiger partial charge in [0.1, 0.15) is 24.0 Å². The van der Waals surface area contributed by atoms with Crippen LogP contribution in [0.3, 0.4) is 0 Å². The Kier molecular flexibility index (Phi) is 4.63. The van der Waals surface area contributed by atoms with Gasteiger partial charge in [0, 0.05) is 17.7 Å². The molecule has 0 unspecified atom stereocenters. The number of anilines is 1. The van der Waals surface area contributed by atoms with Crippen LogP contribution in [0, 0.1) is 18.6 Å². The maximum atomic E-state index is 13.7. The highest BCUT2D eigenvalue weighted by Crippen LogP contribution is 2.18. The van der Waals surface area contributed by atoms with E-state index in [2.05, 4.69) is 15.4 Å². The Labute approximate surface area is 163 Å². The van der Waals surface area contributed by atoms with E-state index in [-0.39, 0.29) is 5.69 Å². The van der Waals surface area contributed by atoms with E-state index >= 15 is 0 Å². The van der Waals surface area contributed by atoms with E-state index < -0.39 is 29.8 Å². The van der Waals surface area contributed by atoms with Crippen LogP contribution in [0.5, 0.6) is 0 Å². The molecule has 0 saturated heterocycles. The van der Waals surface area contributed by atoms with E-state index in [0.29, 0.717) is 17.2 Å². The van der Waals surface area contributed by atoms with E-state index in [1.165, 1.54) is 4.40 Å². The Balaban J connectivity index is 1.65. The van der Waals surface area contributed by atoms with Crippen LogP contribution >= 0.6 is 0 Å². The Morgan fingerprint density at radius 1 is 1.10 bits per heavy atom. The van der Waals surface area contributed by atoms with E-state index in [9.17, 15) is 18.4 Å². The number of amides is 1. The molecule has 1 N–H and O–H groups in total. The van der Waals surface area contributed by atoms with E-state index in [1.54, 1.807) is 13.0 Å². The van der Waals surface area contributed by atoms with E-state index in [0.717, 1.165) is 28.4 Å². The summed E-state index contributed by atoms with van der Waals surface area (Å²) in [4.78, 5) is 29.3. The summed E-state index contributed by atoms with van der Waals surface area (Å²) in [6.07, 6.45) is 0. The molecule has 4 aromatic rings. The second-order valence-corrected chi connectivity index (χ2v) is 6.36. The number of nitrogens with zero attached hydrogens (tertiary/aromatic N) is 4. The van der Waals surface area contributed by atoms with Crippen LogP contribution in [0.4, 0.5) is 14.5 Å². The van der Waals surface area contributed by atoms with Crippen molar-refractivity contribution < 1.29 is 13.6 Å². The minimum absolute atomic E-state index is 0.309. The molecule has 2 aromatic heterocycles. The molecule has 1 amide bonds. The molecule has 0 spiro atoms. The molecule has 146 valence electrons. The van der Waals surface area contributed by atoms with Crippen molar-refractivity contribution in [2.24, 2.45) is 0 Å². The molecular formula is C20H15F2N5O2. The SMILES string of the molecule is Cc1nc(-c2ccccc2)cc2nn(CC(=O)Nc3cc(F)ccc3F)c(=O)n12. The van der Waals surface area contributed by atoms with E-state index in [1.807, 2.05) is 30.3 Å². The number of aromatic nitrogens is 4. The minimum atomic E-state index is -0.783. The quantitative estimate of drug-likeness (QED) is 0.576. The van der Waals surface area contributed by atoms with Crippen molar-refractivity contribution in [2.75, 3.05) is 5.32 Å². The first-order valence-electron chi connectivity index (χ1n) is 8.70. The topological polar surface area (TPSA) is 81.3 Å². The van der Waals surface area contributed by atoms with Crippen molar-refractivity contribution in [3.05, 3.63) is 82.5 Å². The fourth-order valence-corrected chi connectivity index (χ4v) is 2.98. The number of fused-ring (bicyclic) bond motifs is 1. The summed E-state index contributed by atoms with van der Waals surface area (Å²) in [6, 6.07) is 13.7. The zero-order valence-corrected chi connectivity index (χ0v) is 15.3. The number of carbonyl (C=O) groups is 1. The molecule has 0 saturated carbocycles. The number of hydrogen-bond acceptors (Lipinski definition) is 4. The van der Waals surface area contributed by atoms with E-state index in [4.69, 9.17) is 0 Å². The average Bonchev–Trinajstić information content (AvgIpc) is 3.01. The Bertz CT molecular complexity index is 1280. The first-order chi connectivity index (χ1) is 13.9. The van der Waals surface area contributed by atoms with Gasteiger partial charge < -0.3 is 5.32 Å².